The van der Waals surface area contributed by atoms with Gasteiger partial charge in [-0.3, -0.25) is 14.4 Å². The summed E-state index contributed by atoms with van der Waals surface area (Å²) < 4.78 is 17.3. The van der Waals surface area contributed by atoms with Crippen molar-refractivity contribution in [1.29, 1.82) is 0 Å². The molecule has 0 bridgehead atoms. The van der Waals surface area contributed by atoms with Crippen molar-refractivity contribution in [2.45, 2.75) is 72.5 Å². The molecule has 2 fully saturated rings. The van der Waals surface area contributed by atoms with Crippen LogP contribution in [0.15, 0.2) is 59.7 Å². The molecule has 0 aromatic heterocycles. The number of Topliss-reactive ketones (excluding diaryl/α,β-unsaturated/α-hetero) is 1. The summed E-state index contributed by atoms with van der Waals surface area (Å²) in [6.45, 7) is 10.8. The summed E-state index contributed by atoms with van der Waals surface area (Å²) in [5.41, 5.74) is 0.713. The fraction of sp³-hybridized carbons (Fsp3) is 0.515. The van der Waals surface area contributed by atoms with E-state index in [1.54, 1.807) is 13.0 Å². The number of rotatable bonds is 6. The first-order valence-electron chi connectivity index (χ1n) is 14.0. The van der Waals surface area contributed by atoms with Crippen molar-refractivity contribution in [2.75, 3.05) is 6.61 Å². The highest BCUT2D eigenvalue weighted by molar-refractivity contribution is 6.03. The Bertz CT molecular complexity index is 1250. The number of esters is 3. The zero-order chi connectivity index (χ0) is 29.2. The summed E-state index contributed by atoms with van der Waals surface area (Å²) in [6.07, 6.45) is 7.91. The van der Waals surface area contributed by atoms with Crippen molar-refractivity contribution >= 4 is 29.8 Å². The van der Waals surface area contributed by atoms with Crippen LogP contribution in [0.5, 0.6) is 0 Å². The molecule has 0 amide bonds. The first-order chi connectivity index (χ1) is 18.8. The Kier molecular flexibility index (Phi) is 8.52. The number of fused-ring (bicyclic) bond motifs is 2. The summed E-state index contributed by atoms with van der Waals surface area (Å²) >= 11 is 0. The van der Waals surface area contributed by atoms with Crippen LogP contribution < -0.4 is 0 Å². The molecular weight excluding hydrogens is 508 g/mol. The van der Waals surface area contributed by atoms with Gasteiger partial charge in [0, 0.05) is 26.3 Å². The Morgan fingerprint density at radius 3 is 2.38 bits per heavy atom. The van der Waals surface area contributed by atoms with Gasteiger partial charge in [0.1, 0.15) is 12.7 Å². The lowest BCUT2D eigenvalue weighted by Crippen LogP contribution is -2.48. The van der Waals surface area contributed by atoms with Crippen LogP contribution in [-0.2, 0) is 33.4 Å². The van der Waals surface area contributed by atoms with Gasteiger partial charge in [0.05, 0.1) is 5.92 Å². The molecule has 1 aromatic rings. The van der Waals surface area contributed by atoms with Crippen LogP contribution in [0.4, 0.5) is 0 Å². The Morgan fingerprint density at radius 1 is 1.02 bits per heavy atom. The van der Waals surface area contributed by atoms with E-state index in [9.17, 15) is 19.2 Å². The van der Waals surface area contributed by atoms with Crippen LogP contribution in [0.25, 0.3) is 6.08 Å². The molecule has 2 saturated carbocycles. The molecular formula is C33H40O7. The van der Waals surface area contributed by atoms with Crippen LogP contribution in [-0.4, -0.2) is 42.0 Å². The molecule has 0 radical (unpaired) electrons. The highest BCUT2D eigenvalue weighted by Gasteiger charge is 2.61. The van der Waals surface area contributed by atoms with E-state index in [1.807, 2.05) is 49.4 Å². The second-order valence-electron chi connectivity index (χ2n) is 12.1. The van der Waals surface area contributed by atoms with Crippen LogP contribution >= 0.6 is 0 Å². The van der Waals surface area contributed by atoms with E-state index in [-0.39, 0.29) is 36.1 Å². The molecule has 7 heteroatoms. The molecule has 3 aliphatic rings. The van der Waals surface area contributed by atoms with E-state index in [0.717, 1.165) is 17.6 Å². The third-order valence-electron chi connectivity index (χ3n) is 8.83. The van der Waals surface area contributed by atoms with E-state index in [4.69, 9.17) is 14.2 Å². The number of hydrogen-bond donors (Lipinski definition) is 0. The molecule has 3 aliphatic carbocycles. The van der Waals surface area contributed by atoms with E-state index in [0.29, 0.717) is 17.9 Å². The van der Waals surface area contributed by atoms with Crippen molar-refractivity contribution in [1.82, 2.24) is 0 Å². The van der Waals surface area contributed by atoms with Crippen LogP contribution in [0.1, 0.15) is 66.4 Å². The Hall–Kier alpha value is -3.48. The quantitative estimate of drug-likeness (QED) is 0.196. The summed E-state index contributed by atoms with van der Waals surface area (Å²) in [4.78, 5) is 51.4. The molecule has 0 aliphatic heterocycles. The normalized spacial score (nSPS) is 33.8. The molecule has 0 heterocycles. The predicted octanol–water partition coefficient (Wildman–Crippen LogP) is 5.64. The second kappa shape index (κ2) is 11.6. The summed E-state index contributed by atoms with van der Waals surface area (Å²) in [6, 6.07) is 9.40. The van der Waals surface area contributed by atoms with E-state index in [2.05, 4.69) is 13.8 Å². The van der Waals surface area contributed by atoms with Gasteiger partial charge in [0.15, 0.2) is 5.60 Å². The van der Waals surface area contributed by atoms with Gasteiger partial charge >= 0.3 is 17.9 Å². The van der Waals surface area contributed by atoms with Gasteiger partial charge in [-0.15, -0.1) is 0 Å². The zero-order valence-electron chi connectivity index (χ0n) is 24.3. The molecule has 0 saturated heterocycles. The summed E-state index contributed by atoms with van der Waals surface area (Å²) in [5.74, 6) is -2.26. The number of hydrogen-bond acceptors (Lipinski definition) is 7. The predicted molar refractivity (Wildman–Crippen MR) is 151 cm³/mol. The van der Waals surface area contributed by atoms with Crippen molar-refractivity contribution in [3.8, 4) is 0 Å². The van der Waals surface area contributed by atoms with Gasteiger partial charge < -0.3 is 14.2 Å². The van der Waals surface area contributed by atoms with Crippen molar-refractivity contribution in [3.05, 3.63) is 65.3 Å². The molecule has 0 N–H and O–H groups in total. The van der Waals surface area contributed by atoms with Crippen molar-refractivity contribution < 1.29 is 33.4 Å². The SMILES string of the molecule is CC(=O)OC/C1=C\[C@@H]2[C@H](OC(=O)/C=C/c3ccccc3)[C@H](C)C[C@@]2(OC(C)=O)C(=O)/C(C)=C/[C@H]2[C@@H](CC1)C2(C)C. The average Bonchev–Trinajstić information content (AvgIpc) is 3.30. The van der Waals surface area contributed by atoms with Crippen molar-refractivity contribution in [3.63, 3.8) is 0 Å². The Morgan fingerprint density at radius 2 is 1.73 bits per heavy atom. The molecule has 0 spiro atoms. The first-order valence-corrected chi connectivity index (χ1v) is 14.0. The maximum atomic E-state index is 14.2. The standard InChI is InChI=1S/C33H40O7/c1-20-16-27-26(32(27,5)6)14-12-25(19-38-22(3)34)17-28-30(21(2)18-33(28,31(20)37)40-23(4)35)39-29(36)15-13-24-10-8-7-9-11-24/h7-11,13,15-17,21,26-28,30H,12,14,18-19H2,1-6H3/b15-13+,20-16+,25-17-/t21-,26-,27+,28-,30-,33+/m1/s1. The molecule has 7 nitrogen and oxygen atoms in total. The van der Waals surface area contributed by atoms with Crippen LogP contribution in [0.3, 0.4) is 0 Å². The van der Waals surface area contributed by atoms with E-state index in [1.165, 1.54) is 19.9 Å². The van der Waals surface area contributed by atoms with Gasteiger partial charge in [-0.1, -0.05) is 63.3 Å². The molecule has 214 valence electrons. The largest absolute Gasteiger partial charge is 0.461 e. The van der Waals surface area contributed by atoms with Gasteiger partial charge in [-0.25, -0.2) is 4.79 Å². The van der Waals surface area contributed by atoms with Crippen molar-refractivity contribution in [2.24, 2.45) is 29.1 Å². The number of ether oxygens (including phenoxy) is 3. The van der Waals surface area contributed by atoms with Gasteiger partial charge in [0.25, 0.3) is 0 Å². The highest BCUT2D eigenvalue weighted by Crippen LogP contribution is 2.62. The number of benzene rings is 1. The second-order valence-corrected chi connectivity index (χ2v) is 12.1. The minimum absolute atomic E-state index is 0.0351. The molecule has 6 atom stereocenters. The number of ketones is 1. The lowest BCUT2D eigenvalue weighted by Gasteiger charge is -2.34. The maximum Gasteiger partial charge on any atom is 0.331 e. The summed E-state index contributed by atoms with van der Waals surface area (Å²) in [5, 5.41) is 0. The molecule has 0 unspecified atom stereocenters. The maximum absolute atomic E-state index is 14.2. The van der Waals surface area contributed by atoms with Crippen LogP contribution in [0.2, 0.25) is 0 Å². The average molecular weight is 549 g/mol. The minimum atomic E-state index is -1.54. The lowest BCUT2D eigenvalue weighted by molar-refractivity contribution is -0.169. The topological polar surface area (TPSA) is 96.0 Å². The number of carbonyl (C=O) groups is 4. The highest BCUT2D eigenvalue weighted by atomic mass is 16.6. The van der Waals surface area contributed by atoms with E-state index >= 15 is 0 Å². The van der Waals surface area contributed by atoms with Gasteiger partial charge in [-0.2, -0.15) is 0 Å². The number of allylic oxidation sites excluding steroid dienone is 1. The van der Waals surface area contributed by atoms with Gasteiger partial charge in [0.2, 0.25) is 5.78 Å². The number of carbonyl (C=O) groups excluding carboxylic acids is 4. The molecule has 1 aromatic carbocycles. The van der Waals surface area contributed by atoms with E-state index < -0.39 is 35.5 Å². The third kappa shape index (κ3) is 6.13. The fourth-order valence-electron chi connectivity index (χ4n) is 6.67. The van der Waals surface area contributed by atoms with Crippen LogP contribution in [0, 0.1) is 29.1 Å². The lowest BCUT2D eigenvalue weighted by atomic mass is 9.81. The third-order valence-corrected chi connectivity index (χ3v) is 8.83. The summed E-state index contributed by atoms with van der Waals surface area (Å²) in [7, 11) is 0. The molecule has 4 rings (SSSR count). The zero-order valence-corrected chi connectivity index (χ0v) is 24.3. The Labute approximate surface area is 236 Å². The smallest absolute Gasteiger partial charge is 0.331 e. The van der Waals surface area contributed by atoms with Gasteiger partial charge in [-0.05, 0) is 65.7 Å². The Balaban J connectivity index is 1.76. The fourth-order valence-corrected chi connectivity index (χ4v) is 6.67. The molecule has 40 heavy (non-hydrogen) atoms. The minimum Gasteiger partial charge on any atom is -0.461 e. The monoisotopic (exact) mass is 548 g/mol. The first kappa shape index (κ1) is 29.5.